The van der Waals surface area contributed by atoms with Gasteiger partial charge in [-0.05, 0) is 36.9 Å². The molecule has 0 fully saturated rings. The molecule has 2 aromatic rings. The Labute approximate surface area is 112 Å². The van der Waals surface area contributed by atoms with Gasteiger partial charge in [0.1, 0.15) is 5.82 Å². The zero-order valence-corrected chi connectivity index (χ0v) is 11.0. The van der Waals surface area contributed by atoms with Crippen LogP contribution < -0.4 is 5.73 Å². The third-order valence-corrected chi connectivity index (χ3v) is 3.11. The molecule has 0 saturated heterocycles. The molecular formula is C15H18FN3. The average molecular weight is 259 g/mol. The Morgan fingerprint density at radius 1 is 1.26 bits per heavy atom. The van der Waals surface area contributed by atoms with E-state index in [1.54, 1.807) is 18.3 Å². The van der Waals surface area contributed by atoms with Gasteiger partial charge in [0.05, 0.1) is 11.7 Å². The zero-order valence-electron chi connectivity index (χ0n) is 11.0. The lowest BCUT2D eigenvalue weighted by molar-refractivity contribution is 0.237. The molecule has 0 bridgehead atoms. The van der Waals surface area contributed by atoms with E-state index in [0.29, 0.717) is 13.1 Å². The van der Waals surface area contributed by atoms with E-state index in [4.69, 9.17) is 5.73 Å². The molecule has 100 valence electrons. The minimum absolute atomic E-state index is 0.0319. The monoisotopic (exact) mass is 259 g/mol. The van der Waals surface area contributed by atoms with E-state index < -0.39 is 0 Å². The molecule has 4 heteroatoms. The molecular weight excluding hydrogens is 241 g/mol. The van der Waals surface area contributed by atoms with Crippen LogP contribution in [-0.4, -0.2) is 23.5 Å². The zero-order chi connectivity index (χ0) is 13.7. The van der Waals surface area contributed by atoms with Gasteiger partial charge >= 0.3 is 0 Å². The van der Waals surface area contributed by atoms with Crippen molar-refractivity contribution in [3.05, 3.63) is 65.7 Å². The second kappa shape index (κ2) is 6.41. The molecule has 2 rings (SSSR count). The van der Waals surface area contributed by atoms with Crippen LogP contribution in [0.15, 0.2) is 48.7 Å². The molecule has 19 heavy (non-hydrogen) atoms. The smallest absolute Gasteiger partial charge is 0.123 e. The van der Waals surface area contributed by atoms with Crippen molar-refractivity contribution in [3.8, 4) is 0 Å². The summed E-state index contributed by atoms with van der Waals surface area (Å²) >= 11 is 0. The number of benzene rings is 1. The van der Waals surface area contributed by atoms with Gasteiger partial charge in [-0.2, -0.15) is 0 Å². The first-order chi connectivity index (χ1) is 9.20. The van der Waals surface area contributed by atoms with Crippen LogP contribution in [0.5, 0.6) is 0 Å². The van der Waals surface area contributed by atoms with E-state index >= 15 is 0 Å². The third kappa shape index (κ3) is 3.59. The number of hydrogen-bond acceptors (Lipinski definition) is 3. The molecule has 2 N–H and O–H groups in total. The summed E-state index contributed by atoms with van der Waals surface area (Å²) in [6.07, 6.45) is 1.76. The minimum Gasteiger partial charge on any atom is -0.329 e. The van der Waals surface area contributed by atoms with Crippen LogP contribution in [0, 0.1) is 5.82 Å². The lowest BCUT2D eigenvalue weighted by Crippen LogP contribution is -2.30. The fraction of sp³-hybridized carbons (Fsp3) is 0.267. The Bertz CT molecular complexity index is 516. The maximum Gasteiger partial charge on any atom is 0.123 e. The third-order valence-electron chi connectivity index (χ3n) is 3.11. The fourth-order valence-electron chi connectivity index (χ4n) is 2.13. The van der Waals surface area contributed by atoms with E-state index in [2.05, 4.69) is 9.88 Å². The van der Waals surface area contributed by atoms with Crippen molar-refractivity contribution in [1.29, 1.82) is 0 Å². The van der Waals surface area contributed by atoms with Gasteiger partial charge in [-0.3, -0.25) is 9.88 Å². The first kappa shape index (κ1) is 13.6. The standard InChI is InChI=1S/C15H18FN3/c1-19(11-12-5-4-6-13(16)9-12)15(10-17)14-7-2-3-8-18-14/h2-9,15H,10-11,17H2,1H3. The van der Waals surface area contributed by atoms with Crippen molar-refractivity contribution in [2.24, 2.45) is 5.73 Å². The van der Waals surface area contributed by atoms with Crippen LogP contribution in [0.2, 0.25) is 0 Å². The van der Waals surface area contributed by atoms with E-state index in [1.807, 2.05) is 31.3 Å². The van der Waals surface area contributed by atoms with Gasteiger partial charge in [0.25, 0.3) is 0 Å². The van der Waals surface area contributed by atoms with Gasteiger partial charge in [-0.15, -0.1) is 0 Å². The number of likely N-dealkylation sites (N-methyl/N-ethyl adjacent to an activating group) is 1. The molecule has 0 radical (unpaired) electrons. The highest BCUT2D eigenvalue weighted by Crippen LogP contribution is 2.18. The van der Waals surface area contributed by atoms with Crippen molar-refractivity contribution >= 4 is 0 Å². The van der Waals surface area contributed by atoms with Crippen LogP contribution in [-0.2, 0) is 6.54 Å². The maximum absolute atomic E-state index is 13.2. The predicted molar refractivity (Wildman–Crippen MR) is 73.9 cm³/mol. The summed E-state index contributed by atoms with van der Waals surface area (Å²) in [6, 6.07) is 12.4. The highest BCUT2D eigenvalue weighted by molar-refractivity contribution is 5.17. The number of pyridine rings is 1. The van der Waals surface area contributed by atoms with Crippen LogP contribution in [0.1, 0.15) is 17.3 Å². The molecule has 1 aromatic carbocycles. The normalized spacial score (nSPS) is 12.6. The summed E-state index contributed by atoms with van der Waals surface area (Å²) in [5, 5.41) is 0. The van der Waals surface area contributed by atoms with Crippen molar-refractivity contribution < 1.29 is 4.39 Å². The van der Waals surface area contributed by atoms with E-state index in [1.165, 1.54) is 6.07 Å². The van der Waals surface area contributed by atoms with Crippen molar-refractivity contribution in [2.45, 2.75) is 12.6 Å². The number of aromatic nitrogens is 1. The molecule has 3 nitrogen and oxygen atoms in total. The largest absolute Gasteiger partial charge is 0.329 e. The van der Waals surface area contributed by atoms with Crippen molar-refractivity contribution in [2.75, 3.05) is 13.6 Å². The topological polar surface area (TPSA) is 42.1 Å². The molecule has 1 aromatic heterocycles. The Balaban J connectivity index is 2.11. The first-order valence-corrected chi connectivity index (χ1v) is 6.26. The molecule has 0 spiro atoms. The molecule has 1 heterocycles. The first-order valence-electron chi connectivity index (χ1n) is 6.26. The highest BCUT2D eigenvalue weighted by Gasteiger charge is 2.16. The lowest BCUT2D eigenvalue weighted by Gasteiger charge is -2.26. The quantitative estimate of drug-likeness (QED) is 0.896. The number of nitrogens with two attached hydrogens (primary N) is 1. The summed E-state index contributed by atoms with van der Waals surface area (Å²) in [4.78, 5) is 6.41. The van der Waals surface area contributed by atoms with Crippen LogP contribution in [0.25, 0.3) is 0 Å². The van der Waals surface area contributed by atoms with E-state index in [9.17, 15) is 4.39 Å². The predicted octanol–water partition coefficient (Wildman–Crippen LogP) is 2.35. The van der Waals surface area contributed by atoms with Gasteiger partial charge in [-0.1, -0.05) is 18.2 Å². The average Bonchev–Trinajstić information content (AvgIpc) is 2.41. The summed E-state index contributed by atoms with van der Waals surface area (Å²) in [5.74, 6) is -0.215. The van der Waals surface area contributed by atoms with Gasteiger partial charge in [-0.25, -0.2) is 4.39 Å². The van der Waals surface area contributed by atoms with Gasteiger partial charge < -0.3 is 5.73 Å². The molecule has 1 unspecified atom stereocenters. The number of hydrogen-bond donors (Lipinski definition) is 1. The molecule has 1 atom stereocenters. The lowest BCUT2D eigenvalue weighted by atomic mass is 10.1. The second-order valence-electron chi connectivity index (χ2n) is 4.55. The molecule has 0 aliphatic heterocycles. The Morgan fingerprint density at radius 3 is 2.74 bits per heavy atom. The van der Waals surface area contributed by atoms with E-state index in [-0.39, 0.29) is 11.9 Å². The maximum atomic E-state index is 13.2. The number of rotatable bonds is 5. The second-order valence-corrected chi connectivity index (χ2v) is 4.55. The Morgan fingerprint density at radius 2 is 2.11 bits per heavy atom. The SMILES string of the molecule is CN(Cc1cccc(F)c1)C(CN)c1ccccn1. The fourth-order valence-corrected chi connectivity index (χ4v) is 2.13. The Hall–Kier alpha value is -1.78. The molecule has 0 amide bonds. The molecule has 0 saturated carbocycles. The molecule has 0 aliphatic rings. The van der Waals surface area contributed by atoms with Gasteiger partial charge in [0.15, 0.2) is 0 Å². The number of halogens is 1. The van der Waals surface area contributed by atoms with E-state index in [0.717, 1.165) is 11.3 Å². The summed E-state index contributed by atoms with van der Waals surface area (Å²) in [5.41, 5.74) is 7.70. The highest BCUT2D eigenvalue weighted by atomic mass is 19.1. The summed E-state index contributed by atoms with van der Waals surface area (Å²) < 4.78 is 13.2. The van der Waals surface area contributed by atoms with Gasteiger partial charge in [0, 0.05) is 19.3 Å². The summed E-state index contributed by atoms with van der Waals surface area (Å²) in [6.45, 7) is 1.11. The Kier molecular flexibility index (Phi) is 4.60. The van der Waals surface area contributed by atoms with Crippen molar-refractivity contribution in [3.63, 3.8) is 0 Å². The molecule has 0 aliphatic carbocycles. The van der Waals surface area contributed by atoms with Crippen molar-refractivity contribution in [1.82, 2.24) is 9.88 Å². The minimum atomic E-state index is -0.215. The number of nitrogens with zero attached hydrogens (tertiary/aromatic N) is 2. The van der Waals surface area contributed by atoms with Gasteiger partial charge in [0.2, 0.25) is 0 Å². The summed E-state index contributed by atoms with van der Waals surface area (Å²) in [7, 11) is 1.97. The van der Waals surface area contributed by atoms with Crippen LogP contribution in [0.3, 0.4) is 0 Å². The van der Waals surface area contributed by atoms with Crippen LogP contribution >= 0.6 is 0 Å². The van der Waals surface area contributed by atoms with Crippen LogP contribution in [0.4, 0.5) is 4.39 Å².